The van der Waals surface area contributed by atoms with Gasteiger partial charge in [0.25, 0.3) is 5.91 Å². The Labute approximate surface area is 216 Å². The summed E-state index contributed by atoms with van der Waals surface area (Å²) in [6.07, 6.45) is 1.78. The molecule has 3 aromatic carbocycles. The van der Waals surface area contributed by atoms with Crippen molar-refractivity contribution in [1.29, 1.82) is 0 Å². The molecular weight excluding hydrogens is 566 g/mol. The third kappa shape index (κ3) is 4.92. The summed E-state index contributed by atoms with van der Waals surface area (Å²) in [6.45, 7) is 2.38. The number of ether oxygens (including phenoxy) is 2. The predicted molar refractivity (Wildman–Crippen MR) is 143 cm³/mol. The van der Waals surface area contributed by atoms with E-state index in [1.807, 2.05) is 49.4 Å². The molecule has 0 spiro atoms. The number of carbonyl (C=O) groups is 1. The van der Waals surface area contributed by atoms with Gasteiger partial charge in [-0.3, -0.25) is 9.69 Å². The third-order valence-electron chi connectivity index (χ3n) is 5.24. The molecule has 0 radical (unpaired) electrons. The molecular formula is C26H22FIN2O3S. The first-order valence-corrected chi connectivity index (χ1v) is 12.1. The molecule has 0 aromatic heterocycles. The lowest BCUT2D eigenvalue weighted by Crippen LogP contribution is -2.30. The highest BCUT2D eigenvalue weighted by Gasteiger charge is 2.36. The SMILES string of the molecule is CCOc1cc(/C=C2/C(=O)N(c3ccccc3)C(=S)N2C)cc(I)c1OCc1ccccc1F. The van der Waals surface area contributed by atoms with Gasteiger partial charge in [0.2, 0.25) is 0 Å². The Bertz CT molecular complexity index is 1270. The van der Waals surface area contributed by atoms with Crippen molar-refractivity contribution in [3.63, 3.8) is 0 Å². The molecule has 5 nitrogen and oxygen atoms in total. The minimum Gasteiger partial charge on any atom is -0.490 e. The number of hydrogen-bond acceptors (Lipinski definition) is 4. The van der Waals surface area contributed by atoms with Crippen LogP contribution in [-0.4, -0.2) is 29.6 Å². The van der Waals surface area contributed by atoms with E-state index in [1.165, 1.54) is 11.0 Å². The number of nitrogens with zero attached hydrogens (tertiary/aromatic N) is 2. The van der Waals surface area contributed by atoms with Crippen molar-refractivity contribution >= 4 is 57.6 Å². The molecule has 1 amide bonds. The maximum Gasteiger partial charge on any atom is 0.281 e. The highest BCUT2D eigenvalue weighted by molar-refractivity contribution is 14.1. The molecule has 1 aliphatic heterocycles. The lowest BCUT2D eigenvalue weighted by Gasteiger charge is -2.16. The van der Waals surface area contributed by atoms with Crippen LogP contribution in [-0.2, 0) is 11.4 Å². The van der Waals surface area contributed by atoms with Gasteiger partial charge in [-0.2, -0.15) is 0 Å². The Morgan fingerprint density at radius 1 is 1.06 bits per heavy atom. The van der Waals surface area contributed by atoms with Crippen LogP contribution in [0.3, 0.4) is 0 Å². The van der Waals surface area contributed by atoms with E-state index in [0.717, 1.165) is 9.13 Å². The molecule has 0 unspecified atom stereocenters. The van der Waals surface area contributed by atoms with E-state index >= 15 is 0 Å². The van der Waals surface area contributed by atoms with Crippen LogP contribution in [0.25, 0.3) is 6.08 Å². The number of benzene rings is 3. The summed E-state index contributed by atoms with van der Waals surface area (Å²) in [5.74, 6) is 0.527. The van der Waals surface area contributed by atoms with E-state index < -0.39 is 0 Å². The van der Waals surface area contributed by atoms with Crippen LogP contribution in [0.15, 0.2) is 72.4 Å². The number of thiocarbonyl (C=S) groups is 1. The van der Waals surface area contributed by atoms with Crippen LogP contribution in [0.1, 0.15) is 18.1 Å². The molecule has 3 aromatic rings. The maximum absolute atomic E-state index is 14.0. The Morgan fingerprint density at radius 2 is 1.76 bits per heavy atom. The number of para-hydroxylation sites is 1. The summed E-state index contributed by atoms with van der Waals surface area (Å²) in [5.41, 5.74) is 2.39. The lowest BCUT2D eigenvalue weighted by molar-refractivity contribution is -0.114. The fourth-order valence-electron chi connectivity index (χ4n) is 3.56. The van der Waals surface area contributed by atoms with E-state index in [1.54, 1.807) is 36.2 Å². The van der Waals surface area contributed by atoms with Gasteiger partial charge >= 0.3 is 0 Å². The van der Waals surface area contributed by atoms with Gasteiger partial charge in [-0.25, -0.2) is 4.39 Å². The van der Waals surface area contributed by atoms with Gasteiger partial charge in [0.15, 0.2) is 16.6 Å². The highest BCUT2D eigenvalue weighted by atomic mass is 127. The van der Waals surface area contributed by atoms with Crippen molar-refractivity contribution in [3.05, 3.63) is 92.9 Å². The van der Waals surface area contributed by atoms with Crippen molar-refractivity contribution in [2.45, 2.75) is 13.5 Å². The van der Waals surface area contributed by atoms with E-state index in [-0.39, 0.29) is 18.3 Å². The van der Waals surface area contributed by atoms with Crippen LogP contribution < -0.4 is 14.4 Å². The summed E-state index contributed by atoms with van der Waals surface area (Å²) in [7, 11) is 1.77. The van der Waals surface area contributed by atoms with Crippen molar-refractivity contribution < 1.29 is 18.7 Å². The van der Waals surface area contributed by atoms with Crippen LogP contribution in [0.4, 0.5) is 10.1 Å². The zero-order chi connectivity index (χ0) is 24.2. The lowest BCUT2D eigenvalue weighted by atomic mass is 10.1. The van der Waals surface area contributed by atoms with Crippen LogP contribution in [0.2, 0.25) is 0 Å². The molecule has 1 heterocycles. The molecule has 1 saturated heterocycles. The summed E-state index contributed by atoms with van der Waals surface area (Å²) in [6, 6.07) is 19.5. The van der Waals surface area contributed by atoms with Gasteiger partial charge in [0.05, 0.1) is 15.9 Å². The Hall–Kier alpha value is -2.98. The molecule has 1 fully saturated rings. The molecule has 174 valence electrons. The summed E-state index contributed by atoms with van der Waals surface area (Å²) in [5, 5.41) is 0.409. The van der Waals surface area contributed by atoms with Gasteiger partial charge in [-0.1, -0.05) is 36.4 Å². The maximum atomic E-state index is 14.0. The van der Waals surface area contributed by atoms with Gasteiger partial charge in [-0.15, -0.1) is 0 Å². The molecule has 0 N–H and O–H groups in total. The Kier molecular flexibility index (Phi) is 7.47. The number of rotatable bonds is 7. The van der Waals surface area contributed by atoms with Gasteiger partial charge < -0.3 is 14.4 Å². The summed E-state index contributed by atoms with van der Waals surface area (Å²) >= 11 is 7.69. The van der Waals surface area contributed by atoms with Crippen molar-refractivity contribution in [2.24, 2.45) is 0 Å². The summed E-state index contributed by atoms with van der Waals surface area (Å²) < 4.78 is 26.6. The van der Waals surface area contributed by atoms with Gasteiger partial charge in [0, 0.05) is 12.6 Å². The quantitative estimate of drug-likeness (QED) is 0.192. The zero-order valence-electron chi connectivity index (χ0n) is 18.6. The molecule has 0 bridgehead atoms. The average Bonchev–Trinajstić information content (AvgIpc) is 3.03. The van der Waals surface area contributed by atoms with E-state index in [4.69, 9.17) is 21.7 Å². The fraction of sp³-hybridized carbons (Fsp3) is 0.154. The number of amides is 1. The normalized spacial score (nSPS) is 14.8. The van der Waals surface area contributed by atoms with Crippen LogP contribution in [0.5, 0.6) is 11.5 Å². The first kappa shape index (κ1) is 24.2. The number of carbonyl (C=O) groups excluding carboxylic acids is 1. The number of likely N-dealkylation sites (N-methyl/N-ethyl adjacent to an activating group) is 1. The summed E-state index contributed by atoms with van der Waals surface area (Å²) in [4.78, 5) is 16.4. The molecule has 8 heteroatoms. The standard InChI is InChI=1S/C26H22FIN2O3S/c1-3-32-23-15-17(13-21(28)24(23)33-16-18-9-7-8-12-20(18)27)14-22-25(31)30(26(34)29(22)2)19-10-5-4-6-11-19/h4-15H,3,16H2,1-2H3/b22-14-. The molecule has 1 aliphatic rings. The minimum absolute atomic E-state index is 0.0741. The number of halogens is 2. The van der Waals surface area contributed by atoms with Crippen molar-refractivity contribution in [3.8, 4) is 11.5 Å². The van der Waals surface area contributed by atoms with Crippen molar-refractivity contribution in [1.82, 2.24) is 4.90 Å². The molecule has 0 aliphatic carbocycles. The molecule has 4 rings (SSSR count). The van der Waals surface area contributed by atoms with Crippen LogP contribution in [0, 0.1) is 9.39 Å². The van der Waals surface area contributed by atoms with Crippen molar-refractivity contribution in [2.75, 3.05) is 18.6 Å². The first-order valence-electron chi connectivity index (χ1n) is 10.6. The van der Waals surface area contributed by atoms with E-state index in [9.17, 15) is 9.18 Å². The minimum atomic E-state index is -0.321. The topological polar surface area (TPSA) is 42.0 Å². The number of hydrogen-bond donors (Lipinski definition) is 0. The molecule has 0 saturated carbocycles. The van der Waals surface area contributed by atoms with E-state index in [2.05, 4.69) is 22.6 Å². The monoisotopic (exact) mass is 588 g/mol. The Balaban J connectivity index is 1.65. The molecule has 0 atom stereocenters. The average molecular weight is 588 g/mol. The zero-order valence-corrected chi connectivity index (χ0v) is 21.6. The number of anilines is 1. The molecule has 34 heavy (non-hydrogen) atoms. The first-order chi connectivity index (χ1) is 16.4. The third-order valence-corrected chi connectivity index (χ3v) is 6.50. The van der Waals surface area contributed by atoms with Crippen LogP contribution >= 0.6 is 34.8 Å². The predicted octanol–water partition coefficient (Wildman–Crippen LogP) is 6.01. The van der Waals surface area contributed by atoms with Gasteiger partial charge in [0.1, 0.15) is 18.1 Å². The fourth-order valence-corrected chi connectivity index (χ4v) is 4.63. The second-order valence-electron chi connectivity index (χ2n) is 7.49. The smallest absolute Gasteiger partial charge is 0.281 e. The van der Waals surface area contributed by atoms with Gasteiger partial charge in [-0.05, 0) is 83.7 Å². The second-order valence-corrected chi connectivity index (χ2v) is 9.02. The Morgan fingerprint density at radius 3 is 2.47 bits per heavy atom. The van der Waals surface area contributed by atoms with E-state index in [0.29, 0.717) is 40.2 Å². The highest BCUT2D eigenvalue weighted by Crippen LogP contribution is 2.36. The largest absolute Gasteiger partial charge is 0.490 e. The second kappa shape index (κ2) is 10.5.